The van der Waals surface area contributed by atoms with Crippen LogP contribution in [-0.4, -0.2) is 30.3 Å². The maximum Gasteiger partial charge on any atom is 0.257 e. The molecular weight excluding hydrogens is 318 g/mol. The fraction of sp³-hybridized carbons (Fsp3) is 0.133. The third-order valence-electron chi connectivity index (χ3n) is 3.02. The first-order chi connectivity index (χ1) is 11.2. The summed E-state index contributed by atoms with van der Waals surface area (Å²) in [7, 11) is 3.05. The molecule has 0 atom stereocenters. The van der Waals surface area contributed by atoms with E-state index in [9.17, 15) is 4.79 Å². The normalized spacial score (nSPS) is 10.3. The van der Waals surface area contributed by atoms with Crippen LogP contribution in [0.3, 0.4) is 0 Å². The van der Waals surface area contributed by atoms with E-state index in [0.717, 1.165) is 0 Å². The highest BCUT2D eigenvalue weighted by molar-refractivity contribution is 7.18. The number of amides is 1. The van der Waals surface area contributed by atoms with Crippen molar-refractivity contribution < 1.29 is 18.7 Å². The van der Waals surface area contributed by atoms with Gasteiger partial charge in [0.1, 0.15) is 0 Å². The van der Waals surface area contributed by atoms with E-state index in [0.29, 0.717) is 33.0 Å². The molecule has 2 aromatic heterocycles. The molecule has 0 bridgehead atoms. The van der Waals surface area contributed by atoms with Gasteiger partial charge in [0.15, 0.2) is 22.3 Å². The Labute approximate surface area is 135 Å². The molecule has 1 N–H and O–H groups in total. The molecule has 1 aromatic carbocycles. The number of anilines is 1. The third kappa shape index (κ3) is 3.16. The van der Waals surface area contributed by atoms with E-state index in [1.54, 1.807) is 36.6 Å². The van der Waals surface area contributed by atoms with Crippen molar-refractivity contribution in [3.8, 4) is 22.3 Å². The number of furan rings is 1. The van der Waals surface area contributed by atoms with Gasteiger partial charge < -0.3 is 13.9 Å². The largest absolute Gasteiger partial charge is 0.493 e. The van der Waals surface area contributed by atoms with Gasteiger partial charge in [-0.1, -0.05) is 11.3 Å². The van der Waals surface area contributed by atoms with Crippen LogP contribution in [0, 0.1) is 0 Å². The first-order valence-electron chi connectivity index (χ1n) is 6.62. The topological polar surface area (TPSA) is 86.5 Å². The van der Waals surface area contributed by atoms with Crippen molar-refractivity contribution in [3.05, 3.63) is 42.2 Å². The lowest BCUT2D eigenvalue weighted by Crippen LogP contribution is -2.11. The van der Waals surface area contributed by atoms with Crippen LogP contribution < -0.4 is 14.8 Å². The third-order valence-corrected chi connectivity index (χ3v) is 3.88. The lowest BCUT2D eigenvalue weighted by atomic mass is 10.2. The highest BCUT2D eigenvalue weighted by Gasteiger charge is 2.14. The number of aromatic nitrogens is 2. The zero-order chi connectivity index (χ0) is 16.2. The zero-order valence-corrected chi connectivity index (χ0v) is 13.2. The van der Waals surface area contributed by atoms with Crippen LogP contribution in [0.25, 0.3) is 10.8 Å². The molecule has 0 fully saturated rings. The molecule has 0 spiro atoms. The van der Waals surface area contributed by atoms with E-state index in [2.05, 4.69) is 15.5 Å². The second-order valence-electron chi connectivity index (χ2n) is 4.41. The van der Waals surface area contributed by atoms with Crippen molar-refractivity contribution >= 4 is 22.4 Å². The van der Waals surface area contributed by atoms with Crippen LogP contribution in [0.5, 0.6) is 11.5 Å². The number of hydrogen-bond acceptors (Lipinski definition) is 7. The van der Waals surface area contributed by atoms with E-state index < -0.39 is 0 Å². The van der Waals surface area contributed by atoms with Gasteiger partial charge >= 0.3 is 0 Å². The lowest BCUT2D eigenvalue weighted by Gasteiger charge is -2.08. The van der Waals surface area contributed by atoms with Gasteiger partial charge in [-0.2, -0.15) is 0 Å². The van der Waals surface area contributed by atoms with Gasteiger partial charge in [-0.3, -0.25) is 10.1 Å². The fourth-order valence-corrected chi connectivity index (χ4v) is 2.63. The number of nitrogens with zero attached hydrogens (tertiary/aromatic N) is 2. The molecule has 3 aromatic rings. The van der Waals surface area contributed by atoms with Crippen molar-refractivity contribution in [2.75, 3.05) is 19.5 Å². The van der Waals surface area contributed by atoms with Crippen LogP contribution in [0.15, 0.2) is 41.0 Å². The number of benzene rings is 1. The van der Waals surface area contributed by atoms with E-state index in [1.165, 1.54) is 25.6 Å². The standard InChI is InChI=1S/C15H13N3O4S/c1-20-10-6-5-9(8-12(10)21-2)13(19)16-15-18-17-14(23-15)11-4-3-7-22-11/h3-8H,1-2H3,(H,16,18,19). The van der Waals surface area contributed by atoms with Crippen LogP contribution in [0.1, 0.15) is 10.4 Å². The van der Waals surface area contributed by atoms with Gasteiger partial charge in [0, 0.05) is 5.56 Å². The molecular formula is C15H13N3O4S. The summed E-state index contributed by atoms with van der Waals surface area (Å²) in [5, 5.41) is 11.6. The van der Waals surface area contributed by atoms with E-state index in [4.69, 9.17) is 13.9 Å². The number of ether oxygens (including phenoxy) is 2. The maximum absolute atomic E-state index is 12.3. The minimum absolute atomic E-state index is 0.312. The monoisotopic (exact) mass is 331 g/mol. The summed E-state index contributed by atoms with van der Waals surface area (Å²) in [6.45, 7) is 0. The zero-order valence-electron chi connectivity index (χ0n) is 12.4. The summed E-state index contributed by atoms with van der Waals surface area (Å²) in [4.78, 5) is 12.3. The van der Waals surface area contributed by atoms with Gasteiger partial charge in [-0.15, -0.1) is 10.2 Å². The SMILES string of the molecule is COc1ccc(C(=O)Nc2nnc(-c3ccco3)s2)cc1OC. The van der Waals surface area contributed by atoms with Crippen LogP contribution in [-0.2, 0) is 0 Å². The Balaban J connectivity index is 1.77. The van der Waals surface area contributed by atoms with Gasteiger partial charge in [-0.25, -0.2) is 0 Å². The smallest absolute Gasteiger partial charge is 0.257 e. The Kier molecular flexibility index (Phi) is 4.24. The predicted molar refractivity (Wildman–Crippen MR) is 85.1 cm³/mol. The highest BCUT2D eigenvalue weighted by Crippen LogP contribution is 2.29. The molecule has 3 rings (SSSR count). The van der Waals surface area contributed by atoms with Crippen molar-refractivity contribution in [1.29, 1.82) is 0 Å². The minimum Gasteiger partial charge on any atom is -0.493 e. The lowest BCUT2D eigenvalue weighted by molar-refractivity contribution is 0.102. The summed E-state index contributed by atoms with van der Waals surface area (Å²) < 4.78 is 15.6. The Hall–Kier alpha value is -2.87. The molecule has 0 unspecified atom stereocenters. The Bertz CT molecular complexity index is 814. The van der Waals surface area contributed by atoms with Gasteiger partial charge in [0.25, 0.3) is 5.91 Å². The minimum atomic E-state index is -0.312. The van der Waals surface area contributed by atoms with Gasteiger partial charge in [-0.05, 0) is 30.3 Å². The first-order valence-corrected chi connectivity index (χ1v) is 7.43. The summed E-state index contributed by atoms with van der Waals surface area (Å²) in [5.41, 5.74) is 0.428. The molecule has 0 aliphatic rings. The number of rotatable bonds is 5. The molecule has 8 heteroatoms. The van der Waals surface area contributed by atoms with Gasteiger partial charge in [0.05, 0.1) is 20.5 Å². The molecule has 1 amide bonds. The maximum atomic E-state index is 12.3. The molecule has 2 heterocycles. The first kappa shape index (κ1) is 15.0. The average Bonchev–Trinajstić information content (AvgIpc) is 3.25. The Morgan fingerprint density at radius 2 is 2.00 bits per heavy atom. The number of carbonyl (C=O) groups is 1. The molecule has 7 nitrogen and oxygen atoms in total. The average molecular weight is 331 g/mol. The summed E-state index contributed by atoms with van der Waals surface area (Å²) in [6.07, 6.45) is 1.55. The number of carbonyl (C=O) groups excluding carboxylic acids is 1. The van der Waals surface area contributed by atoms with Crippen molar-refractivity contribution in [1.82, 2.24) is 10.2 Å². The van der Waals surface area contributed by atoms with Crippen LogP contribution >= 0.6 is 11.3 Å². The summed E-state index contributed by atoms with van der Waals surface area (Å²) >= 11 is 1.23. The van der Waals surface area contributed by atoms with E-state index >= 15 is 0 Å². The predicted octanol–water partition coefficient (Wildman–Crippen LogP) is 3.07. The molecule has 0 saturated carbocycles. The fourth-order valence-electron chi connectivity index (χ4n) is 1.92. The molecule has 118 valence electrons. The highest BCUT2D eigenvalue weighted by atomic mass is 32.1. The van der Waals surface area contributed by atoms with Crippen molar-refractivity contribution in [3.63, 3.8) is 0 Å². The van der Waals surface area contributed by atoms with Gasteiger partial charge in [0.2, 0.25) is 5.13 Å². The number of hydrogen-bond donors (Lipinski definition) is 1. The molecule has 0 aliphatic carbocycles. The van der Waals surface area contributed by atoms with Crippen LogP contribution in [0.2, 0.25) is 0 Å². The summed E-state index contributed by atoms with van der Waals surface area (Å²) in [6, 6.07) is 8.45. The Morgan fingerprint density at radius 1 is 1.17 bits per heavy atom. The number of nitrogens with one attached hydrogen (secondary N) is 1. The Morgan fingerprint density at radius 3 is 2.70 bits per heavy atom. The molecule has 0 radical (unpaired) electrons. The van der Waals surface area contributed by atoms with E-state index in [-0.39, 0.29) is 5.91 Å². The summed E-state index contributed by atoms with van der Waals surface area (Å²) in [5.74, 6) is 1.33. The van der Waals surface area contributed by atoms with Crippen molar-refractivity contribution in [2.45, 2.75) is 0 Å². The van der Waals surface area contributed by atoms with E-state index in [1.807, 2.05) is 0 Å². The van der Waals surface area contributed by atoms with Crippen LogP contribution in [0.4, 0.5) is 5.13 Å². The van der Waals surface area contributed by atoms with Crippen molar-refractivity contribution in [2.24, 2.45) is 0 Å². The second kappa shape index (κ2) is 6.49. The quantitative estimate of drug-likeness (QED) is 0.773. The molecule has 0 saturated heterocycles. The second-order valence-corrected chi connectivity index (χ2v) is 5.39. The number of methoxy groups -OCH3 is 2. The molecule has 23 heavy (non-hydrogen) atoms. The molecule has 0 aliphatic heterocycles.